The van der Waals surface area contributed by atoms with Crippen molar-refractivity contribution in [2.75, 3.05) is 14.2 Å². The van der Waals surface area contributed by atoms with E-state index in [1.165, 1.54) is 14.2 Å². The second-order valence-electron chi connectivity index (χ2n) is 3.78. The molecule has 18 heavy (non-hydrogen) atoms. The predicted molar refractivity (Wildman–Crippen MR) is 76.3 cm³/mol. The molecule has 0 N–H and O–H groups in total. The number of nitrogens with zero attached hydrogens (tertiary/aromatic N) is 2. The van der Waals surface area contributed by atoms with Gasteiger partial charge in [0.2, 0.25) is 0 Å². The van der Waals surface area contributed by atoms with Crippen LogP contribution in [0.15, 0.2) is 5.16 Å². The quantitative estimate of drug-likeness (QED) is 0.257. The third-order valence-electron chi connectivity index (χ3n) is 2.14. The van der Waals surface area contributed by atoms with Gasteiger partial charge in [0.1, 0.15) is 5.60 Å². The van der Waals surface area contributed by atoms with Crippen LogP contribution in [0, 0.1) is 0 Å². The fourth-order valence-corrected chi connectivity index (χ4v) is 1.97. The first-order valence-corrected chi connectivity index (χ1v) is 6.71. The van der Waals surface area contributed by atoms with Crippen LogP contribution >= 0.6 is 46.8 Å². The van der Waals surface area contributed by atoms with Crippen LogP contribution in [0.5, 0.6) is 0 Å². The minimum atomic E-state index is -1.64. The summed E-state index contributed by atoms with van der Waals surface area (Å²) >= 11 is 17.2. The van der Waals surface area contributed by atoms with Gasteiger partial charge in [0, 0.05) is 26.1 Å². The number of halogens is 3. The second kappa shape index (κ2) is 7.05. The van der Waals surface area contributed by atoms with Gasteiger partial charge < -0.3 is 4.74 Å². The maximum Gasteiger partial charge on any atom is 0.445 e. The molecule has 0 heterocycles. The van der Waals surface area contributed by atoms with Crippen LogP contribution < -0.4 is 0 Å². The fraction of sp³-hybridized carbons (Fsp3) is 0.778. The van der Waals surface area contributed by atoms with Gasteiger partial charge in [-0.2, -0.15) is 0 Å². The van der Waals surface area contributed by atoms with E-state index < -0.39 is 14.8 Å². The summed E-state index contributed by atoms with van der Waals surface area (Å²) in [7, 11) is 2.94. The monoisotopic (exact) mass is 336 g/mol. The van der Waals surface area contributed by atoms with Crippen molar-refractivity contribution in [3.05, 3.63) is 0 Å². The Labute approximate surface area is 126 Å². The molecule has 0 aliphatic rings. The molecule has 0 radical (unpaired) electrons. The minimum absolute atomic E-state index is 0.505. The van der Waals surface area contributed by atoms with E-state index in [1.54, 1.807) is 20.8 Å². The summed E-state index contributed by atoms with van der Waals surface area (Å²) in [5.41, 5.74) is -0.119. The van der Waals surface area contributed by atoms with E-state index in [0.717, 1.165) is 4.31 Å². The van der Waals surface area contributed by atoms with E-state index in [1.807, 2.05) is 0 Å². The fourth-order valence-electron chi connectivity index (χ4n) is 0.615. The molecule has 1 amide bonds. The summed E-state index contributed by atoms with van der Waals surface area (Å²) < 4.78 is 4.56. The highest BCUT2D eigenvalue weighted by Crippen LogP contribution is 2.40. The van der Waals surface area contributed by atoms with Gasteiger partial charge in [-0.05, 0) is 20.8 Å². The highest BCUT2D eigenvalue weighted by molar-refractivity contribution is 8.03. The van der Waals surface area contributed by atoms with Crippen LogP contribution in [-0.4, -0.2) is 39.0 Å². The third kappa shape index (κ3) is 6.89. The van der Waals surface area contributed by atoms with Crippen LogP contribution in [0.25, 0.3) is 0 Å². The number of ether oxygens (including phenoxy) is 1. The first kappa shape index (κ1) is 18.1. The summed E-state index contributed by atoms with van der Waals surface area (Å²) in [5, 5.41) is 3.68. The summed E-state index contributed by atoms with van der Waals surface area (Å²) in [4.78, 5) is 16.2. The number of hydrogen-bond donors (Lipinski definition) is 0. The lowest BCUT2D eigenvalue weighted by Gasteiger charge is -2.22. The zero-order valence-corrected chi connectivity index (χ0v) is 13.7. The van der Waals surface area contributed by atoms with Crippen molar-refractivity contribution in [1.29, 1.82) is 0 Å². The van der Waals surface area contributed by atoms with E-state index in [-0.39, 0.29) is 0 Å². The molecule has 9 heteroatoms. The van der Waals surface area contributed by atoms with Crippen molar-refractivity contribution < 1.29 is 14.4 Å². The second-order valence-corrected chi connectivity index (χ2v) is 8.08. The number of rotatable bonds is 4. The average Bonchev–Trinajstić information content (AvgIpc) is 2.22. The molecular formula is C9H15Cl3N2O3S. The highest BCUT2D eigenvalue weighted by atomic mass is 35.6. The molecular weight excluding hydrogens is 323 g/mol. The maximum absolute atomic E-state index is 11.5. The predicted octanol–water partition coefficient (Wildman–Crippen LogP) is 3.83. The Morgan fingerprint density at radius 1 is 1.33 bits per heavy atom. The van der Waals surface area contributed by atoms with Gasteiger partial charge in [0.15, 0.2) is 0 Å². The number of amides is 1. The number of oxime groups is 1. The molecule has 0 aromatic carbocycles. The summed E-state index contributed by atoms with van der Waals surface area (Å²) in [6.07, 6.45) is -0.752. The van der Waals surface area contributed by atoms with Crippen molar-refractivity contribution in [2.24, 2.45) is 5.16 Å². The zero-order chi connectivity index (χ0) is 14.6. The Morgan fingerprint density at radius 3 is 2.22 bits per heavy atom. The van der Waals surface area contributed by atoms with E-state index in [4.69, 9.17) is 44.4 Å². The maximum atomic E-state index is 11.5. The number of alkyl halides is 3. The van der Waals surface area contributed by atoms with Crippen molar-refractivity contribution >= 4 is 58.6 Å². The molecule has 0 rings (SSSR count). The number of carbonyl (C=O) groups is 1. The first-order chi connectivity index (χ1) is 7.99. The molecule has 0 saturated heterocycles. The Morgan fingerprint density at radius 2 is 1.83 bits per heavy atom. The molecule has 0 aliphatic heterocycles. The number of hydrogen-bond acceptors (Lipinski definition) is 5. The van der Waals surface area contributed by atoms with Crippen LogP contribution in [0.1, 0.15) is 20.8 Å². The van der Waals surface area contributed by atoms with E-state index in [0.29, 0.717) is 17.7 Å². The third-order valence-corrected chi connectivity index (χ3v) is 3.39. The van der Waals surface area contributed by atoms with Gasteiger partial charge in [-0.15, -0.1) is 0 Å². The molecule has 0 bridgehead atoms. The molecule has 0 aromatic rings. The Balaban J connectivity index is 4.47. The molecule has 5 nitrogen and oxygen atoms in total. The highest BCUT2D eigenvalue weighted by Gasteiger charge is 2.28. The normalized spacial score (nSPS) is 13.4. The van der Waals surface area contributed by atoms with Gasteiger partial charge in [-0.1, -0.05) is 40.0 Å². The van der Waals surface area contributed by atoms with Crippen LogP contribution in [-0.2, 0) is 9.57 Å². The Kier molecular flexibility index (Phi) is 7.10. The van der Waals surface area contributed by atoms with E-state index >= 15 is 0 Å². The smallest absolute Gasteiger partial charge is 0.373 e. The van der Waals surface area contributed by atoms with E-state index in [2.05, 4.69) is 5.16 Å². The SMILES string of the molecule is COC(C)(C)/C(C)=N/OC(=O)N(C)SC(Cl)(Cl)Cl. The topological polar surface area (TPSA) is 51.1 Å². The lowest BCUT2D eigenvalue weighted by Crippen LogP contribution is -2.32. The van der Waals surface area contributed by atoms with Crippen molar-refractivity contribution in [3.63, 3.8) is 0 Å². The Hall–Kier alpha value is 0.120. The van der Waals surface area contributed by atoms with Crippen LogP contribution in [0.2, 0.25) is 0 Å². The summed E-state index contributed by atoms with van der Waals surface area (Å²) in [5.74, 6) is 0. The van der Waals surface area contributed by atoms with Crippen LogP contribution in [0.4, 0.5) is 4.79 Å². The molecule has 0 aromatic heterocycles. The minimum Gasteiger partial charge on any atom is -0.373 e. The molecule has 0 atom stereocenters. The summed E-state index contributed by atoms with van der Waals surface area (Å²) in [6.45, 7) is 5.26. The summed E-state index contributed by atoms with van der Waals surface area (Å²) in [6, 6.07) is 0. The average molecular weight is 338 g/mol. The lowest BCUT2D eigenvalue weighted by molar-refractivity contribution is 0.0762. The van der Waals surface area contributed by atoms with Crippen LogP contribution in [0.3, 0.4) is 0 Å². The zero-order valence-electron chi connectivity index (χ0n) is 10.7. The number of methoxy groups -OCH3 is 1. The molecule has 0 spiro atoms. The molecule has 0 unspecified atom stereocenters. The van der Waals surface area contributed by atoms with Crippen molar-refractivity contribution in [2.45, 2.75) is 29.5 Å². The molecule has 0 fully saturated rings. The van der Waals surface area contributed by atoms with Gasteiger partial charge >= 0.3 is 6.09 Å². The molecule has 106 valence electrons. The largest absolute Gasteiger partial charge is 0.445 e. The molecule has 0 saturated carbocycles. The van der Waals surface area contributed by atoms with Gasteiger partial charge in [-0.3, -0.25) is 4.84 Å². The standard InChI is InChI=1S/C9H15Cl3N2O3S/c1-6(8(2,3)16-5)13-17-7(15)14(4)18-9(10,11)12/h1-5H3/b13-6+. The molecule has 0 aliphatic carbocycles. The first-order valence-electron chi connectivity index (χ1n) is 4.80. The van der Waals surface area contributed by atoms with E-state index in [9.17, 15) is 4.79 Å². The van der Waals surface area contributed by atoms with Gasteiger partial charge in [-0.25, -0.2) is 9.10 Å². The van der Waals surface area contributed by atoms with Crippen molar-refractivity contribution in [3.8, 4) is 0 Å². The van der Waals surface area contributed by atoms with Gasteiger partial charge in [0.25, 0.3) is 3.12 Å². The number of carbonyl (C=O) groups excluding carboxylic acids is 1. The lowest BCUT2D eigenvalue weighted by atomic mass is 10.1. The van der Waals surface area contributed by atoms with Crippen molar-refractivity contribution in [1.82, 2.24) is 4.31 Å². The van der Waals surface area contributed by atoms with Gasteiger partial charge in [0.05, 0.1) is 5.71 Å². The Bertz CT molecular complexity index is 332.